The second-order valence-corrected chi connectivity index (χ2v) is 6.06. The summed E-state index contributed by atoms with van der Waals surface area (Å²) in [6.07, 6.45) is 0. The molecule has 0 amide bonds. The Hall–Kier alpha value is -2.08. The van der Waals surface area contributed by atoms with Gasteiger partial charge < -0.3 is 24.3 Å². The van der Waals surface area contributed by atoms with E-state index in [9.17, 15) is 0 Å². The van der Waals surface area contributed by atoms with E-state index in [4.69, 9.17) is 18.9 Å². The standard InChI is InChI=1S/C18H20BrNO4/c1-3-22-18-13(14(19)5-7-16(18)21-2)11-20-12-4-6-15-17(10-12)24-9-8-23-15/h4-7,10,20H,3,8-9,11H2,1-2H3. The largest absolute Gasteiger partial charge is 0.493 e. The van der Waals surface area contributed by atoms with Crippen LogP contribution in [0.2, 0.25) is 0 Å². The lowest BCUT2D eigenvalue weighted by atomic mass is 10.1. The van der Waals surface area contributed by atoms with Crippen molar-refractivity contribution in [2.24, 2.45) is 0 Å². The molecule has 6 heteroatoms. The van der Waals surface area contributed by atoms with Crippen LogP contribution in [-0.2, 0) is 6.54 Å². The monoisotopic (exact) mass is 393 g/mol. The van der Waals surface area contributed by atoms with Crippen molar-refractivity contribution >= 4 is 21.6 Å². The van der Waals surface area contributed by atoms with Crippen LogP contribution in [0, 0.1) is 0 Å². The summed E-state index contributed by atoms with van der Waals surface area (Å²) in [4.78, 5) is 0. The number of methoxy groups -OCH3 is 1. The summed E-state index contributed by atoms with van der Waals surface area (Å²) in [6.45, 7) is 4.29. The molecule has 3 rings (SSSR count). The molecule has 1 aliphatic heterocycles. The van der Waals surface area contributed by atoms with Crippen molar-refractivity contribution in [3.63, 3.8) is 0 Å². The first-order valence-corrected chi connectivity index (χ1v) is 8.64. The van der Waals surface area contributed by atoms with Gasteiger partial charge in [-0.1, -0.05) is 15.9 Å². The highest BCUT2D eigenvalue weighted by Gasteiger charge is 2.15. The van der Waals surface area contributed by atoms with Gasteiger partial charge in [-0.3, -0.25) is 0 Å². The lowest BCUT2D eigenvalue weighted by Gasteiger charge is -2.20. The van der Waals surface area contributed by atoms with E-state index in [1.807, 2.05) is 37.3 Å². The highest BCUT2D eigenvalue weighted by atomic mass is 79.9. The molecule has 0 radical (unpaired) electrons. The van der Waals surface area contributed by atoms with Crippen LogP contribution in [0.25, 0.3) is 0 Å². The SMILES string of the molecule is CCOc1c(OC)ccc(Br)c1CNc1ccc2c(c1)OCCO2. The summed E-state index contributed by atoms with van der Waals surface area (Å²) < 4.78 is 23.3. The number of hydrogen-bond donors (Lipinski definition) is 1. The van der Waals surface area contributed by atoms with Gasteiger partial charge in [0.2, 0.25) is 0 Å². The van der Waals surface area contributed by atoms with Gasteiger partial charge in [-0.25, -0.2) is 0 Å². The van der Waals surface area contributed by atoms with Crippen LogP contribution in [0.5, 0.6) is 23.0 Å². The molecule has 2 aromatic carbocycles. The van der Waals surface area contributed by atoms with E-state index in [2.05, 4.69) is 21.2 Å². The van der Waals surface area contributed by atoms with Gasteiger partial charge >= 0.3 is 0 Å². The summed E-state index contributed by atoms with van der Waals surface area (Å²) in [5.74, 6) is 3.02. The number of nitrogens with one attached hydrogen (secondary N) is 1. The first kappa shape index (κ1) is 16.8. The Labute approximate surface area is 150 Å². The molecule has 0 bridgehead atoms. The molecule has 2 aromatic rings. The quantitative estimate of drug-likeness (QED) is 0.794. The van der Waals surface area contributed by atoms with Crippen LogP contribution in [-0.4, -0.2) is 26.9 Å². The van der Waals surface area contributed by atoms with Crippen molar-refractivity contribution in [2.75, 3.05) is 32.2 Å². The second-order valence-electron chi connectivity index (χ2n) is 5.20. The third kappa shape index (κ3) is 3.53. The van der Waals surface area contributed by atoms with E-state index in [1.165, 1.54) is 0 Å². The predicted octanol–water partition coefficient (Wildman–Crippen LogP) is 4.24. The smallest absolute Gasteiger partial charge is 0.167 e. The van der Waals surface area contributed by atoms with Crippen molar-refractivity contribution < 1.29 is 18.9 Å². The molecule has 5 nitrogen and oxygen atoms in total. The molecule has 0 aromatic heterocycles. The Morgan fingerprint density at radius 3 is 2.67 bits per heavy atom. The Kier molecular flexibility index (Phi) is 5.35. The van der Waals surface area contributed by atoms with Gasteiger partial charge in [0.1, 0.15) is 13.2 Å². The molecular weight excluding hydrogens is 374 g/mol. The number of fused-ring (bicyclic) bond motifs is 1. The molecule has 0 saturated heterocycles. The maximum Gasteiger partial charge on any atom is 0.167 e. The van der Waals surface area contributed by atoms with Crippen LogP contribution in [0.3, 0.4) is 0 Å². The molecule has 0 aliphatic carbocycles. The zero-order chi connectivity index (χ0) is 16.9. The Morgan fingerprint density at radius 1 is 1.12 bits per heavy atom. The van der Waals surface area contributed by atoms with Crippen LogP contribution >= 0.6 is 15.9 Å². The maximum absolute atomic E-state index is 5.78. The average Bonchev–Trinajstić information content (AvgIpc) is 2.61. The molecule has 1 heterocycles. The summed E-state index contributed by atoms with van der Waals surface area (Å²) in [5.41, 5.74) is 1.96. The van der Waals surface area contributed by atoms with E-state index >= 15 is 0 Å². The molecule has 0 fully saturated rings. The molecule has 0 spiro atoms. The molecule has 0 unspecified atom stereocenters. The summed E-state index contributed by atoms with van der Waals surface area (Å²) in [7, 11) is 1.64. The molecule has 24 heavy (non-hydrogen) atoms. The zero-order valence-electron chi connectivity index (χ0n) is 13.7. The third-order valence-electron chi connectivity index (χ3n) is 3.69. The highest BCUT2D eigenvalue weighted by molar-refractivity contribution is 9.10. The molecule has 0 atom stereocenters. The van der Waals surface area contributed by atoms with Gasteiger partial charge in [-0.15, -0.1) is 0 Å². The summed E-state index contributed by atoms with van der Waals surface area (Å²) in [5, 5.41) is 3.40. The fourth-order valence-electron chi connectivity index (χ4n) is 2.55. The topological polar surface area (TPSA) is 49.0 Å². The summed E-state index contributed by atoms with van der Waals surface area (Å²) >= 11 is 3.59. The number of rotatable bonds is 6. The first-order valence-electron chi connectivity index (χ1n) is 7.84. The Morgan fingerprint density at radius 2 is 1.92 bits per heavy atom. The van der Waals surface area contributed by atoms with Gasteiger partial charge in [0.25, 0.3) is 0 Å². The van der Waals surface area contributed by atoms with E-state index in [-0.39, 0.29) is 0 Å². The van der Waals surface area contributed by atoms with Gasteiger partial charge in [-0.05, 0) is 31.2 Å². The number of halogens is 1. The van der Waals surface area contributed by atoms with Crippen molar-refractivity contribution in [3.05, 3.63) is 40.4 Å². The lowest BCUT2D eigenvalue weighted by molar-refractivity contribution is 0.171. The number of hydrogen-bond acceptors (Lipinski definition) is 5. The highest BCUT2D eigenvalue weighted by Crippen LogP contribution is 2.37. The fourth-order valence-corrected chi connectivity index (χ4v) is 3.01. The van der Waals surface area contributed by atoms with E-state index in [0.29, 0.717) is 26.4 Å². The maximum atomic E-state index is 5.78. The second kappa shape index (κ2) is 7.66. The minimum Gasteiger partial charge on any atom is -0.493 e. The Balaban J connectivity index is 1.81. The fraction of sp³-hybridized carbons (Fsp3) is 0.333. The van der Waals surface area contributed by atoms with Crippen molar-refractivity contribution in [3.8, 4) is 23.0 Å². The van der Waals surface area contributed by atoms with Crippen molar-refractivity contribution in [1.29, 1.82) is 0 Å². The van der Waals surface area contributed by atoms with E-state index in [1.54, 1.807) is 7.11 Å². The molecule has 1 N–H and O–H groups in total. The molecule has 0 saturated carbocycles. The lowest BCUT2D eigenvalue weighted by Crippen LogP contribution is -2.15. The third-order valence-corrected chi connectivity index (χ3v) is 4.43. The molecule has 1 aliphatic rings. The summed E-state index contributed by atoms with van der Waals surface area (Å²) in [6, 6.07) is 9.69. The zero-order valence-corrected chi connectivity index (χ0v) is 15.3. The average molecular weight is 394 g/mol. The Bertz CT molecular complexity index is 720. The van der Waals surface area contributed by atoms with Crippen LogP contribution < -0.4 is 24.3 Å². The number of anilines is 1. The minimum absolute atomic E-state index is 0.573. The van der Waals surface area contributed by atoms with Gasteiger partial charge in [0.05, 0.1) is 13.7 Å². The molecule has 128 valence electrons. The minimum atomic E-state index is 0.573. The van der Waals surface area contributed by atoms with E-state index < -0.39 is 0 Å². The predicted molar refractivity (Wildman–Crippen MR) is 96.6 cm³/mol. The van der Waals surface area contributed by atoms with Crippen LogP contribution in [0.15, 0.2) is 34.8 Å². The van der Waals surface area contributed by atoms with Crippen LogP contribution in [0.4, 0.5) is 5.69 Å². The first-order chi connectivity index (χ1) is 11.7. The van der Waals surface area contributed by atoms with Crippen molar-refractivity contribution in [2.45, 2.75) is 13.5 Å². The van der Waals surface area contributed by atoms with E-state index in [0.717, 1.165) is 38.7 Å². The van der Waals surface area contributed by atoms with Gasteiger partial charge in [0.15, 0.2) is 23.0 Å². The van der Waals surface area contributed by atoms with Crippen molar-refractivity contribution in [1.82, 2.24) is 0 Å². The number of benzene rings is 2. The van der Waals surface area contributed by atoms with Crippen LogP contribution in [0.1, 0.15) is 12.5 Å². The normalized spacial score (nSPS) is 12.6. The van der Waals surface area contributed by atoms with Gasteiger partial charge in [-0.2, -0.15) is 0 Å². The number of ether oxygens (including phenoxy) is 4. The molecular formula is C18H20BrNO4. The van der Waals surface area contributed by atoms with Gasteiger partial charge in [0, 0.05) is 28.3 Å².